The van der Waals surface area contributed by atoms with E-state index in [0.29, 0.717) is 6.54 Å². The number of rotatable bonds is 3. The normalized spacial score (nSPS) is 15.4. The lowest BCUT2D eigenvalue weighted by molar-refractivity contribution is -0.128. The molecule has 4 rings (SSSR count). The zero-order valence-corrected chi connectivity index (χ0v) is 16.4. The number of aromatic nitrogens is 1. The highest BCUT2D eigenvalue weighted by Crippen LogP contribution is 2.40. The minimum Gasteiger partial charge on any atom is -0.323 e. The lowest BCUT2D eigenvalue weighted by Gasteiger charge is -2.34. The molecule has 0 unspecified atom stereocenters. The number of thiazole rings is 1. The van der Waals surface area contributed by atoms with Crippen LogP contribution in [0.5, 0.6) is 0 Å². The van der Waals surface area contributed by atoms with Crippen molar-refractivity contribution in [3.63, 3.8) is 0 Å². The lowest BCUT2D eigenvalue weighted by atomic mass is 10.0. The van der Waals surface area contributed by atoms with Crippen molar-refractivity contribution in [1.29, 1.82) is 0 Å². The summed E-state index contributed by atoms with van der Waals surface area (Å²) in [6.07, 6.45) is 0. The second kappa shape index (κ2) is 6.06. The van der Waals surface area contributed by atoms with E-state index in [4.69, 9.17) is 4.98 Å². The van der Waals surface area contributed by atoms with Gasteiger partial charge in [0.25, 0.3) is 5.91 Å². The molecule has 1 aliphatic rings. The van der Waals surface area contributed by atoms with Gasteiger partial charge in [-0.05, 0) is 56.5 Å². The Hall–Kier alpha value is -2.46. The van der Waals surface area contributed by atoms with Gasteiger partial charge in [0.2, 0.25) is 0 Å². The van der Waals surface area contributed by atoms with E-state index in [1.165, 1.54) is 10.3 Å². The number of fused-ring (bicyclic) bond motifs is 1. The zero-order valence-electron chi connectivity index (χ0n) is 15.5. The molecule has 0 atom stereocenters. The van der Waals surface area contributed by atoms with Crippen LogP contribution in [0.15, 0.2) is 54.1 Å². The maximum Gasteiger partial charge on any atom is 0.255 e. The van der Waals surface area contributed by atoms with Crippen molar-refractivity contribution >= 4 is 33.0 Å². The van der Waals surface area contributed by atoms with Crippen LogP contribution in [0.3, 0.4) is 0 Å². The van der Waals surface area contributed by atoms with Gasteiger partial charge in [-0.2, -0.15) is 0 Å². The highest BCUT2D eigenvalue weighted by molar-refractivity contribution is 7.18. The number of carbonyl (C=O) groups excluding carboxylic acids is 1. The van der Waals surface area contributed by atoms with Crippen molar-refractivity contribution in [2.75, 3.05) is 6.54 Å². The number of benzene rings is 2. The average Bonchev–Trinajstić information content (AvgIpc) is 3.17. The van der Waals surface area contributed by atoms with Crippen LogP contribution in [0.4, 0.5) is 0 Å². The van der Waals surface area contributed by atoms with Gasteiger partial charge in [-0.3, -0.25) is 4.79 Å². The number of carbonyl (C=O) groups is 1. The molecule has 0 aliphatic carbocycles. The van der Waals surface area contributed by atoms with E-state index in [1.807, 2.05) is 35.2 Å². The maximum atomic E-state index is 13.3. The molecule has 4 heteroatoms. The average molecular weight is 362 g/mol. The fourth-order valence-corrected chi connectivity index (χ4v) is 4.60. The summed E-state index contributed by atoms with van der Waals surface area (Å²) in [5, 5.41) is 0.980. The minimum atomic E-state index is -0.452. The Balaban J connectivity index is 1.71. The SMILES string of the molecule is CC1=C(c2ccccc2)C(=O)N(C(C)(C)c2nc3cc(C)ccc3s2)C1. The molecule has 0 N–H and O–H groups in total. The second-order valence-corrected chi connectivity index (χ2v) is 8.49. The second-order valence-electron chi connectivity index (χ2n) is 7.46. The van der Waals surface area contributed by atoms with Gasteiger partial charge in [-0.25, -0.2) is 4.98 Å². The predicted octanol–water partition coefficient (Wildman–Crippen LogP) is 5.16. The van der Waals surface area contributed by atoms with Gasteiger partial charge in [-0.1, -0.05) is 36.4 Å². The van der Waals surface area contributed by atoms with Gasteiger partial charge >= 0.3 is 0 Å². The summed E-state index contributed by atoms with van der Waals surface area (Å²) < 4.78 is 1.17. The van der Waals surface area contributed by atoms with Crippen LogP contribution in [-0.2, 0) is 10.3 Å². The quantitative estimate of drug-likeness (QED) is 0.645. The van der Waals surface area contributed by atoms with Crippen molar-refractivity contribution in [2.24, 2.45) is 0 Å². The van der Waals surface area contributed by atoms with Crippen LogP contribution < -0.4 is 0 Å². The Morgan fingerprint density at radius 2 is 1.81 bits per heavy atom. The van der Waals surface area contributed by atoms with Crippen molar-refractivity contribution in [1.82, 2.24) is 9.88 Å². The summed E-state index contributed by atoms with van der Waals surface area (Å²) in [7, 11) is 0. The van der Waals surface area contributed by atoms with E-state index in [1.54, 1.807) is 11.3 Å². The van der Waals surface area contributed by atoms with Gasteiger partial charge < -0.3 is 4.90 Å². The summed E-state index contributed by atoms with van der Waals surface area (Å²) >= 11 is 1.68. The van der Waals surface area contributed by atoms with E-state index in [9.17, 15) is 4.79 Å². The maximum absolute atomic E-state index is 13.3. The van der Waals surface area contributed by atoms with Crippen LogP contribution in [0.2, 0.25) is 0 Å². The lowest BCUT2D eigenvalue weighted by Crippen LogP contribution is -2.43. The molecule has 0 radical (unpaired) electrons. The predicted molar refractivity (Wildman–Crippen MR) is 108 cm³/mol. The third-order valence-corrected chi connectivity index (χ3v) is 6.43. The van der Waals surface area contributed by atoms with E-state index >= 15 is 0 Å². The first kappa shape index (κ1) is 17.0. The van der Waals surface area contributed by atoms with E-state index in [2.05, 4.69) is 45.9 Å². The Morgan fingerprint density at radius 3 is 2.54 bits per heavy atom. The van der Waals surface area contributed by atoms with Crippen LogP contribution in [0.25, 0.3) is 15.8 Å². The van der Waals surface area contributed by atoms with Crippen molar-refractivity contribution in [3.05, 3.63) is 70.2 Å². The molecule has 3 nitrogen and oxygen atoms in total. The van der Waals surface area contributed by atoms with Gasteiger partial charge in [0.1, 0.15) is 5.01 Å². The topological polar surface area (TPSA) is 33.2 Å². The molecule has 1 aromatic heterocycles. The van der Waals surface area contributed by atoms with Gasteiger partial charge in [0, 0.05) is 12.1 Å². The number of aryl methyl sites for hydroxylation is 1. The molecule has 0 fully saturated rings. The first-order valence-corrected chi connectivity index (χ1v) is 9.64. The monoisotopic (exact) mass is 362 g/mol. The van der Waals surface area contributed by atoms with Crippen molar-refractivity contribution < 1.29 is 4.79 Å². The Bertz CT molecular complexity index is 1030. The summed E-state index contributed by atoms with van der Waals surface area (Å²) in [5.74, 6) is 0.0918. The Labute approximate surface area is 158 Å². The molecule has 132 valence electrons. The molecule has 3 aromatic rings. The van der Waals surface area contributed by atoms with E-state index in [0.717, 1.165) is 27.2 Å². The van der Waals surface area contributed by atoms with Gasteiger partial charge in [-0.15, -0.1) is 11.3 Å². The fraction of sp³-hybridized carbons (Fsp3) is 0.273. The third kappa shape index (κ3) is 2.65. The van der Waals surface area contributed by atoms with Crippen molar-refractivity contribution in [3.8, 4) is 0 Å². The molecule has 0 saturated carbocycles. The third-order valence-electron chi connectivity index (χ3n) is 5.08. The highest BCUT2D eigenvalue weighted by Gasteiger charge is 2.41. The molecule has 2 aromatic carbocycles. The summed E-state index contributed by atoms with van der Waals surface area (Å²) in [6, 6.07) is 16.3. The number of amides is 1. The Kier molecular flexibility index (Phi) is 3.96. The highest BCUT2D eigenvalue weighted by atomic mass is 32.1. The summed E-state index contributed by atoms with van der Waals surface area (Å²) in [4.78, 5) is 20.1. The summed E-state index contributed by atoms with van der Waals surface area (Å²) in [6.45, 7) is 8.96. The van der Waals surface area contributed by atoms with Crippen molar-refractivity contribution in [2.45, 2.75) is 33.2 Å². The molecule has 0 saturated heterocycles. The molecule has 1 amide bonds. The molecular weight excluding hydrogens is 340 g/mol. The number of hydrogen-bond donors (Lipinski definition) is 0. The molecule has 26 heavy (non-hydrogen) atoms. The molecule has 0 spiro atoms. The fourth-order valence-electron chi connectivity index (χ4n) is 3.55. The minimum absolute atomic E-state index is 0.0918. The molecule has 0 bridgehead atoms. The van der Waals surface area contributed by atoms with Crippen LogP contribution >= 0.6 is 11.3 Å². The van der Waals surface area contributed by atoms with Gasteiger partial charge in [0.05, 0.1) is 15.8 Å². The zero-order chi connectivity index (χ0) is 18.5. The number of nitrogens with zero attached hydrogens (tertiary/aromatic N) is 2. The van der Waals surface area contributed by atoms with Crippen LogP contribution in [-0.4, -0.2) is 22.3 Å². The van der Waals surface area contributed by atoms with Gasteiger partial charge in [0.15, 0.2) is 0 Å². The molecule has 1 aliphatic heterocycles. The molecule has 2 heterocycles. The van der Waals surface area contributed by atoms with Crippen LogP contribution in [0, 0.1) is 6.92 Å². The van der Waals surface area contributed by atoms with Crippen LogP contribution in [0.1, 0.15) is 36.9 Å². The Morgan fingerprint density at radius 1 is 1.08 bits per heavy atom. The molecular formula is C22H22N2OS. The standard InChI is InChI=1S/C22H22N2OS/c1-14-10-11-18-17(12-14)23-21(26-18)22(3,4)24-13-15(2)19(20(24)25)16-8-6-5-7-9-16/h5-12H,13H2,1-4H3. The largest absolute Gasteiger partial charge is 0.323 e. The smallest absolute Gasteiger partial charge is 0.255 e. The number of hydrogen-bond acceptors (Lipinski definition) is 3. The van der Waals surface area contributed by atoms with E-state index in [-0.39, 0.29) is 5.91 Å². The first-order chi connectivity index (χ1) is 12.4. The van der Waals surface area contributed by atoms with E-state index < -0.39 is 5.54 Å². The summed E-state index contributed by atoms with van der Waals surface area (Å²) in [5.41, 5.74) is 4.70. The first-order valence-electron chi connectivity index (χ1n) is 8.83.